The van der Waals surface area contributed by atoms with E-state index in [0.29, 0.717) is 0 Å². The van der Waals surface area contributed by atoms with Gasteiger partial charge in [-0.25, -0.2) is 4.42 Å². The Labute approximate surface area is 140 Å². The molecule has 0 saturated carbocycles. The van der Waals surface area contributed by atoms with Gasteiger partial charge in [0, 0.05) is 17.7 Å². The molecule has 0 radical (unpaired) electrons. The standard InChI is InChI=1S/C21H17O3/c1-22-18-12-7-13-19(23-2)21(18)20-14-8-3-5-10-16(14)24-17-11-6-4-9-15(17)20/h3-13H,1-2H3/q+1. The molecule has 0 bridgehead atoms. The summed E-state index contributed by atoms with van der Waals surface area (Å²) in [5, 5.41) is 2.05. The number of hydrogen-bond acceptors (Lipinski definition) is 2. The van der Waals surface area contributed by atoms with Crippen LogP contribution in [-0.4, -0.2) is 14.2 Å². The first-order valence-corrected chi connectivity index (χ1v) is 7.78. The van der Waals surface area contributed by atoms with Crippen molar-refractivity contribution < 1.29 is 13.9 Å². The average Bonchev–Trinajstić information content (AvgIpc) is 2.65. The molecule has 0 atom stereocenters. The van der Waals surface area contributed by atoms with Gasteiger partial charge in [0.05, 0.1) is 30.6 Å². The van der Waals surface area contributed by atoms with Crippen molar-refractivity contribution in [1.82, 2.24) is 0 Å². The highest BCUT2D eigenvalue weighted by Crippen LogP contribution is 2.45. The molecule has 118 valence electrons. The van der Waals surface area contributed by atoms with Crippen molar-refractivity contribution in [1.29, 1.82) is 0 Å². The van der Waals surface area contributed by atoms with E-state index in [0.717, 1.165) is 44.6 Å². The Bertz CT molecular complexity index is 961. The van der Waals surface area contributed by atoms with Gasteiger partial charge in [0.15, 0.2) is 0 Å². The summed E-state index contributed by atoms with van der Waals surface area (Å²) in [6.45, 7) is 0. The minimum atomic E-state index is 0.774. The Hall–Kier alpha value is -3.07. The summed E-state index contributed by atoms with van der Waals surface area (Å²) >= 11 is 0. The number of methoxy groups -OCH3 is 2. The summed E-state index contributed by atoms with van der Waals surface area (Å²) < 4.78 is 17.3. The molecule has 0 saturated heterocycles. The third-order valence-electron chi connectivity index (χ3n) is 4.21. The van der Waals surface area contributed by atoms with Crippen LogP contribution in [0.2, 0.25) is 0 Å². The van der Waals surface area contributed by atoms with E-state index in [-0.39, 0.29) is 0 Å². The fourth-order valence-electron chi connectivity index (χ4n) is 3.15. The van der Waals surface area contributed by atoms with Gasteiger partial charge in [0.25, 0.3) is 0 Å². The van der Waals surface area contributed by atoms with E-state index in [2.05, 4.69) is 12.1 Å². The van der Waals surface area contributed by atoms with Crippen LogP contribution in [0, 0.1) is 0 Å². The fraction of sp³-hybridized carbons (Fsp3) is 0.0952. The summed E-state index contributed by atoms with van der Waals surface area (Å²) in [4.78, 5) is 0. The summed E-state index contributed by atoms with van der Waals surface area (Å²) in [5.41, 5.74) is 3.66. The summed E-state index contributed by atoms with van der Waals surface area (Å²) in [7, 11) is 3.35. The molecular weight excluding hydrogens is 300 g/mol. The largest absolute Gasteiger partial charge is 0.496 e. The first-order valence-electron chi connectivity index (χ1n) is 7.78. The van der Waals surface area contributed by atoms with Crippen LogP contribution in [0.25, 0.3) is 33.1 Å². The molecule has 3 nitrogen and oxygen atoms in total. The van der Waals surface area contributed by atoms with Crippen LogP contribution in [0.4, 0.5) is 0 Å². The Morgan fingerprint density at radius 2 is 1.08 bits per heavy atom. The summed E-state index contributed by atoms with van der Waals surface area (Å²) in [5.74, 6) is 1.55. The van der Waals surface area contributed by atoms with Crippen LogP contribution >= 0.6 is 0 Å². The van der Waals surface area contributed by atoms with Crippen molar-refractivity contribution >= 4 is 21.9 Å². The summed E-state index contributed by atoms with van der Waals surface area (Å²) in [6.07, 6.45) is 0. The zero-order valence-corrected chi connectivity index (χ0v) is 13.6. The molecule has 0 amide bonds. The maximum absolute atomic E-state index is 6.07. The minimum absolute atomic E-state index is 0.774. The third-order valence-corrected chi connectivity index (χ3v) is 4.21. The van der Waals surface area contributed by atoms with Gasteiger partial charge in [0.1, 0.15) is 11.5 Å². The van der Waals surface area contributed by atoms with Gasteiger partial charge in [-0.2, -0.15) is 0 Å². The molecule has 1 heterocycles. The van der Waals surface area contributed by atoms with Crippen LogP contribution < -0.4 is 9.47 Å². The molecule has 1 aromatic heterocycles. The first-order chi connectivity index (χ1) is 11.8. The van der Waals surface area contributed by atoms with E-state index in [1.165, 1.54) is 0 Å². The monoisotopic (exact) mass is 317 g/mol. The van der Waals surface area contributed by atoms with Crippen LogP contribution in [0.1, 0.15) is 0 Å². The molecule has 3 aromatic carbocycles. The number of ether oxygens (including phenoxy) is 2. The van der Waals surface area contributed by atoms with Crippen molar-refractivity contribution in [3.05, 3.63) is 66.7 Å². The Morgan fingerprint density at radius 3 is 1.58 bits per heavy atom. The maximum Gasteiger partial charge on any atom is 0.361 e. The molecule has 4 rings (SSSR count). The van der Waals surface area contributed by atoms with Gasteiger partial charge in [0.2, 0.25) is 0 Å². The highest BCUT2D eigenvalue weighted by atomic mass is 16.5. The molecule has 0 aliphatic carbocycles. The lowest BCUT2D eigenvalue weighted by Crippen LogP contribution is -1.94. The molecule has 0 unspecified atom stereocenters. The molecule has 0 spiro atoms. The van der Waals surface area contributed by atoms with Crippen molar-refractivity contribution in [2.75, 3.05) is 14.2 Å². The maximum atomic E-state index is 6.07. The van der Waals surface area contributed by atoms with Gasteiger partial charge in [-0.1, -0.05) is 30.3 Å². The number of rotatable bonds is 3. The van der Waals surface area contributed by atoms with Crippen LogP contribution in [-0.2, 0) is 0 Å². The Morgan fingerprint density at radius 1 is 0.583 bits per heavy atom. The summed E-state index contributed by atoms with van der Waals surface area (Å²) in [6, 6.07) is 21.9. The second-order valence-corrected chi connectivity index (χ2v) is 5.51. The van der Waals surface area contributed by atoms with E-state index < -0.39 is 0 Å². The lowest BCUT2D eigenvalue weighted by atomic mass is 9.95. The lowest BCUT2D eigenvalue weighted by molar-refractivity contribution is 0.397. The quantitative estimate of drug-likeness (QED) is 0.366. The van der Waals surface area contributed by atoms with Crippen LogP contribution in [0.15, 0.2) is 71.1 Å². The predicted molar refractivity (Wildman–Crippen MR) is 96.7 cm³/mol. The lowest BCUT2D eigenvalue weighted by Gasteiger charge is -2.14. The van der Waals surface area contributed by atoms with E-state index in [9.17, 15) is 0 Å². The van der Waals surface area contributed by atoms with Crippen molar-refractivity contribution in [3.63, 3.8) is 0 Å². The minimum Gasteiger partial charge on any atom is -0.496 e. The Balaban J connectivity index is 2.24. The van der Waals surface area contributed by atoms with E-state index >= 15 is 0 Å². The first kappa shape index (κ1) is 14.5. The molecule has 0 fully saturated rings. The van der Waals surface area contributed by atoms with Gasteiger partial charge >= 0.3 is 11.2 Å². The SMILES string of the molecule is COc1cccc(OC)c1-c1c2ccccc2[o+]c2ccccc12. The molecule has 0 aliphatic rings. The van der Waals surface area contributed by atoms with Crippen molar-refractivity contribution in [2.24, 2.45) is 0 Å². The third kappa shape index (κ3) is 2.17. The van der Waals surface area contributed by atoms with E-state index in [4.69, 9.17) is 13.9 Å². The van der Waals surface area contributed by atoms with E-state index in [1.807, 2.05) is 54.6 Å². The highest BCUT2D eigenvalue weighted by molar-refractivity contribution is 6.10. The molecule has 24 heavy (non-hydrogen) atoms. The topological polar surface area (TPSA) is 29.8 Å². The zero-order valence-electron chi connectivity index (χ0n) is 13.6. The number of hydrogen-bond donors (Lipinski definition) is 0. The van der Waals surface area contributed by atoms with E-state index in [1.54, 1.807) is 14.2 Å². The second-order valence-electron chi connectivity index (χ2n) is 5.51. The smallest absolute Gasteiger partial charge is 0.361 e. The average molecular weight is 317 g/mol. The molecule has 0 N–H and O–H groups in total. The fourth-order valence-corrected chi connectivity index (χ4v) is 3.15. The zero-order chi connectivity index (χ0) is 16.5. The van der Waals surface area contributed by atoms with Crippen molar-refractivity contribution in [2.45, 2.75) is 0 Å². The van der Waals surface area contributed by atoms with Crippen LogP contribution in [0.5, 0.6) is 11.5 Å². The van der Waals surface area contributed by atoms with Crippen molar-refractivity contribution in [3.8, 4) is 22.6 Å². The van der Waals surface area contributed by atoms with Gasteiger partial charge in [-0.3, -0.25) is 0 Å². The molecule has 3 heteroatoms. The second kappa shape index (κ2) is 5.85. The number of para-hydroxylation sites is 2. The normalized spacial score (nSPS) is 10.9. The molecule has 4 aromatic rings. The van der Waals surface area contributed by atoms with Gasteiger partial charge < -0.3 is 9.47 Å². The van der Waals surface area contributed by atoms with Crippen LogP contribution in [0.3, 0.4) is 0 Å². The molecule has 0 aliphatic heterocycles. The van der Waals surface area contributed by atoms with Gasteiger partial charge in [-0.05, 0) is 24.3 Å². The highest BCUT2D eigenvalue weighted by Gasteiger charge is 2.24. The molecular formula is C21H17O3+. The van der Waals surface area contributed by atoms with Gasteiger partial charge in [-0.15, -0.1) is 0 Å². The predicted octanol–water partition coefficient (Wildman–Crippen LogP) is 5.55. The number of fused-ring (bicyclic) bond motifs is 2. The number of benzene rings is 3. The Kier molecular flexibility index (Phi) is 3.54.